The van der Waals surface area contributed by atoms with Crippen molar-refractivity contribution in [3.05, 3.63) is 18.2 Å². The first-order chi connectivity index (χ1) is 13.2. The molecule has 1 aromatic rings. The molecule has 2 aliphatic carbocycles. The fourth-order valence-electron chi connectivity index (χ4n) is 4.50. The molecule has 1 saturated heterocycles. The van der Waals surface area contributed by atoms with Crippen molar-refractivity contribution < 1.29 is 9.47 Å². The third-order valence-corrected chi connectivity index (χ3v) is 7.27. The van der Waals surface area contributed by atoms with Crippen LogP contribution in [0.25, 0.3) is 0 Å². The van der Waals surface area contributed by atoms with Crippen molar-refractivity contribution in [3.63, 3.8) is 0 Å². The van der Waals surface area contributed by atoms with Crippen molar-refractivity contribution >= 4 is 39.9 Å². The summed E-state index contributed by atoms with van der Waals surface area (Å²) < 4.78 is 10.7. The van der Waals surface area contributed by atoms with Crippen LogP contribution in [0.1, 0.15) is 32.1 Å². The third kappa shape index (κ3) is 4.04. The Balaban J connectivity index is 1.50. The Bertz CT molecular complexity index is 740. The molecule has 5 nitrogen and oxygen atoms in total. The molecule has 0 radical (unpaired) electrons. The summed E-state index contributed by atoms with van der Waals surface area (Å²) in [6.07, 6.45) is 6.52. The molecule has 0 spiro atoms. The van der Waals surface area contributed by atoms with E-state index in [4.69, 9.17) is 26.7 Å². The Morgan fingerprint density at radius 1 is 1.22 bits per heavy atom. The van der Waals surface area contributed by atoms with E-state index in [0.717, 1.165) is 46.5 Å². The van der Waals surface area contributed by atoms with Crippen LogP contribution in [0, 0.1) is 11.8 Å². The minimum absolute atomic E-state index is 0.547. The van der Waals surface area contributed by atoms with E-state index in [1.807, 2.05) is 18.2 Å². The molecule has 3 atom stereocenters. The van der Waals surface area contributed by atoms with Gasteiger partial charge in [-0.2, -0.15) is 0 Å². The molecule has 4 rings (SSSR count). The van der Waals surface area contributed by atoms with Crippen LogP contribution in [0.5, 0.6) is 11.5 Å². The van der Waals surface area contributed by atoms with E-state index >= 15 is 0 Å². The zero-order valence-electron chi connectivity index (χ0n) is 15.9. The number of aliphatic imine (C=N–C) groups is 1. The lowest BCUT2D eigenvalue weighted by Gasteiger charge is -2.33. The molecule has 0 amide bonds. The lowest BCUT2D eigenvalue weighted by molar-refractivity contribution is 0.355. The number of hydrogen-bond acceptors (Lipinski definition) is 5. The van der Waals surface area contributed by atoms with Crippen LogP contribution in [0.15, 0.2) is 23.2 Å². The number of rotatable bonds is 4. The van der Waals surface area contributed by atoms with Crippen LogP contribution in [0.3, 0.4) is 0 Å². The van der Waals surface area contributed by atoms with Crippen molar-refractivity contribution in [1.29, 1.82) is 0 Å². The molecule has 3 fully saturated rings. The summed E-state index contributed by atoms with van der Waals surface area (Å²) >= 11 is 7.55. The first-order valence-electron chi connectivity index (χ1n) is 9.69. The number of thioether (sulfide) groups is 1. The Hall–Kier alpha value is -1.47. The summed E-state index contributed by atoms with van der Waals surface area (Å²) in [5.41, 5.74) is 0.852. The van der Waals surface area contributed by atoms with Crippen molar-refractivity contribution in [2.24, 2.45) is 16.8 Å². The SMILES string of the molecule is COc1ccc(N=C2SCCCN2C(=S)N[C@@H]2C[C@@H]3CC[C@@H]2C3)cc1OC. The van der Waals surface area contributed by atoms with Gasteiger partial charge in [-0.1, -0.05) is 18.2 Å². The van der Waals surface area contributed by atoms with E-state index in [9.17, 15) is 0 Å². The predicted octanol–water partition coefficient (Wildman–Crippen LogP) is 4.19. The van der Waals surface area contributed by atoms with Gasteiger partial charge in [0.2, 0.25) is 0 Å². The molecule has 3 aliphatic rings. The Morgan fingerprint density at radius 3 is 2.78 bits per heavy atom. The highest BCUT2D eigenvalue weighted by molar-refractivity contribution is 8.14. The number of hydrogen-bond donors (Lipinski definition) is 1. The highest BCUT2D eigenvalue weighted by Crippen LogP contribution is 2.44. The van der Waals surface area contributed by atoms with E-state index < -0.39 is 0 Å². The number of amidine groups is 1. The number of nitrogens with zero attached hydrogens (tertiary/aromatic N) is 2. The van der Waals surface area contributed by atoms with Gasteiger partial charge in [-0.3, -0.25) is 4.90 Å². The summed E-state index contributed by atoms with van der Waals surface area (Å²) in [4.78, 5) is 7.04. The molecule has 0 unspecified atom stereocenters. The average Bonchev–Trinajstić information content (AvgIpc) is 3.31. The minimum Gasteiger partial charge on any atom is -0.493 e. The number of nitrogens with one attached hydrogen (secondary N) is 1. The normalized spacial score (nSPS) is 28.4. The molecule has 0 aromatic heterocycles. The number of thiocarbonyl (C=S) groups is 1. The van der Waals surface area contributed by atoms with E-state index in [-0.39, 0.29) is 0 Å². The molecule has 1 aliphatic heterocycles. The van der Waals surface area contributed by atoms with Crippen molar-refractivity contribution in [2.45, 2.75) is 38.1 Å². The zero-order chi connectivity index (χ0) is 18.8. The average molecular weight is 406 g/mol. The Morgan fingerprint density at radius 2 is 2.07 bits per heavy atom. The second kappa shape index (κ2) is 8.27. The van der Waals surface area contributed by atoms with Crippen LogP contribution < -0.4 is 14.8 Å². The molecule has 2 saturated carbocycles. The molecular formula is C20H27N3O2S2. The summed E-state index contributed by atoms with van der Waals surface area (Å²) in [6, 6.07) is 6.30. The minimum atomic E-state index is 0.547. The number of benzene rings is 1. The lowest BCUT2D eigenvalue weighted by atomic mass is 9.95. The molecule has 146 valence electrons. The monoisotopic (exact) mass is 405 g/mol. The van der Waals surface area contributed by atoms with Crippen LogP contribution in [0.2, 0.25) is 0 Å². The Kier molecular flexibility index (Phi) is 5.78. The summed E-state index contributed by atoms with van der Waals surface area (Å²) in [6.45, 7) is 0.922. The largest absolute Gasteiger partial charge is 0.493 e. The highest BCUT2D eigenvalue weighted by atomic mass is 32.2. The smallest absolute Gasteiger partial charge is 0.175 e. The summed E-state index contributed by atoms with van der Waals surface area (Å²) in [5, 5.41) is 5.45. The Labute approximate surface area is 170 Å². The second-order valence-corrected chi connectivity index (χ2v) is 8.97. The van der Waals surface area contributed by atoms with Crippen molar-refractivity contribution in [1.82, 2.24) is 10.2 Å². The molecular weight excluding hydrogens is 378 g/mol. The predicted molar refractivity (Wildman–Crippen MR) is 115 cm³/mol. The maximum Gasteiger partial charge on any atom is 0.175 e. The van der Waals surface area contributed by atoms with Crippen LogP contribution in [-0.4, -0.2) is 47.7 Å². The van der Waals surface area contributed by atoms with E-state index in [1.165, 1.54) is 25.7 Å². The number of methoxy groups -OCH3 is 2. The molecule has 2 bridgehead atoms. The van der Waals surface area contributed by atoms with Crippen molar-refractivity contribution in [2.75, 3.05) is 26.5 Å². The zero-order valence-corrected chi connectivity index (χ0v) is 17.6. The van der Waals surface area contributed by atoms with Crippen LogP contribution >= 0.6 is 24.0 Å². The first-order valence-corrected chi connectivity index (χ1v) is 11.1. The maximum absolute atomic E-state index is 5.78. The lowest BCUT2D eigenvalue weighted by Crippen LogP contribution is -2.49. The van der Waals surface area contributed by atoms with Gasteiger partial charge >= 0.3 is 0 Å². The highest BCUT2D eigenvalue weighted by Gasteiger charge is 2.40. The van der Waals surface area contributed by atoms with Crippen LogP contribution in [-0.2, 0) is 0 Å². The molecule has 1 aromatic carbocycles. The van der Waals surface area contributed by atoms with Gasteiger partial charge in [-0.15, -0.1) is 0 Å². The fourth-order valence-corrected chi connectivity index (χ4v) is 5.85. The molecule has 27 heavy (non-hydrogen) atoms. The second-order valence-electron chi connectivity index (χ2n) is 7.52. The first kappa shape index (κ1) is 18.9. The quantitative estimate of drug-likeness (QED) is 0.758. The van der Waals surface area contributed by atoms with Gasteiger partial charge in [-0.05, 0) is 61.9 Å². The van der Waals surface area contributed by atoms with E-state index in [0.29, 0.717) is 17.5 Å². The van der Waals surface area contributed by atoms with E-state index in [2.05, 4.69) is 10.2 Å². The summed E-state index contributed by atoms with van der Waals surface area (Å²) in [5.74, 6) is 4.18. The molecule has 1 N–H and O–H groups in total. The van der Waals surface area contributed by atoms with Crippen LogP contribution in [0.4, 0.5) is 5.69 Å². The topological polar surface area (TPSA) is 46.1 Å². The van der Waals surface area contributed by atoms with Gasteiger partial charge in [0.05, 0.1) is 19.9 Å². The van der Waals surface area contributed by atoms with Gasteiger partial charge in [0.1, 0.15) is 0 Å². The third-order valence-electron chi connectivity index (χ3n) is 5.87. The van der Waals surface area contributed by atoms with Gasteiger partial charge < -0.3 is 14.8 Å². The van der Waals surface area contributed by atoms with Gasteiger partial charge in [0.15, 0.2) is 21.8 Å². The maximum atomic E-state index is 5.78. The van der Waals surface area contributed by atoms with Crippen molar-refractivity contribution in [3.8, 4) is 11.5 Å². The fraction of sp³-hybridized carbons (Fsp3) is 0.600. The van der Waals surface area contributed by atoms with E-state index in [1.54, 1.807) is 26.0 Å². The standard InChI is InChI=1S/C20H27N3O2S2/c1-24-17-7-6-15(12-18(17)25-2)21-20-23(8-3-9-27-20)19(26)22-16-11-13-4-5-14(16)10-13/h6-7,12-14,16H,3-5,8-11H2,1-2H3,(H,22,26)/t13-,14-,16-/m1/s1. The molecule has 7 heteroatoms. The number of ether oxygens (including phenoxy) is 2. The summed E-state index contributed by atoms with van der Waals surface area (Å²) in [7, 11) is 3.28. The van der Waals surface area contributed by atoms with Gasteiger partial charge in [0, 0.05) is 24.4 Å². The molecule has 1 heterocycles. The van der Waals surface area contributed by atoms with Gasteiger partial charge in [0.25, 0.3) is 0 Å². The number of fused-ring (bicyclic) bond motifs is 2. The van der Waals surface area contributed by atoms with Gasteiger partial charge in [-0.25, -0.2) is 4.99 Å².